The fourth-order valence-electron chi connectivity index (χ4n) is 2.75. The van der Waals surface area contributed by atoms with Gasteiger partial charge in [-0.1, -0.05) is 37.6 Å². The summed E-state index contributed by atoms with van der Waals surface area (Å²) < 4.78 is 0. The van der Waals surface area contributed by atoms with E-state index in [4.69, 9.17) is 30.6 Å². The lowest BCUT2D eigenvalue weighted by molar-refractivity contribution is -0.139. The molecular weight excluding hydrogens is 536 g/mol. The number of unbranched alkanes of at least 4 members (excludes halogenated alkanes) is 2. The lowest BCUT2D eigenvalue weighted by Gasteiger charge is -2.02. The van der Waals surface area contributed by atoms with Gasteiger partial charge in [-0.05, 0) is 73.9 Å². The Bertz CT molecular complexity index is 965. The summed E-state index contributed by atoms with van der Waals surface area (Å²) in [5.41, 5.74) is 3.40. The monoisotopic (exact) mass is 576 g/mol. The molecule has 12 heteroatoms. The van der Waals surface area contributed by atoms with Crippen LogP contribution in [0.5, 0.6) is 0 Å². The Morgan fingerprint density at radius 1 is 0.707 bits per heavy atom. The largest absolute Gasteiger partial charge is 0.481 e. The fourth-order valence-corrected chi connectivity index (χ4v) is 2.75. The second-order valence-corrected chi connectivity index (χ2v) is 8.33. The minimum Gasteiger partial charge on any atom is -0.481 e. The third-order valence-electron chi connectivity index (χ3n) is 4.77. The highest BCUT2D eigenvalue weighted by Crippen LogP contribution is 2.17. The van der Waals surface area contributed by atoms with Gasteiger partial charge in [0.15, 0.2) is 6.29 Å². The summed E-state index contributed by atoms with van der Waals surface area (Å²) in [6.07, 6.45) is 6.44. The van der Waals surface area contributed by atoms with Gasteiger partial charge < -0.3 is 30.6 Å². The third kappa shape index (κ3) is 27.3. The summed E-state index contributed by atoms with van der Waals surface area (Å²) in [7, 11) is 0. The van der Waals surface area contributed by atoms with Crippen LogP contribution in [-0.2, 0) is 25.6 Å². The normalized spacial score (nSPS) is 9.32. The molecule has 0 saturated heterocycles. The number of carboxylic acid groups (broad SMARTS) is 2. The van der Waals surface area contributed by atoms with Crippen molar-refractivity contribution in [1.82, 2.24) is 0 Å². The van der Waals surface area contributed by atoms with Crippen molar-refractivity contribution in [2.45, 2.75) is 71.0 Å². The van der Waals surface area contributed by atoms with Crippen LogP contribution in [0, 0.1) is 0 Å². The molecule has 0 aliphatic rings. The molecule has 0 aliphatic carbocycles. The molecule has 0 unspecified atom stereocenters. The summed E-state index contributed by atoms with van der Waals surface area (Å²) >= 11 is 0. The van der Waals surface area contributed by atoms with Crippen molar-refractivity contribution >= 4 is 35.5 Å². The fraction of sp³-hybridized carbons (Fsp3) is 0.448. The summed E-state index contributed by atoms with van der Waals surface area (Å²) in [5.74, 6) is -1.74. The van der Waals surface area contributed by atoms with Crippen LogP contribution < -0.4 is 0 Å². The Labute approximate surface area is 239 Å². The molecule has 2 aromatic rings. The smallest absolute Gasteiger partial charge is 0.303 e. The number of hydrogen-bond donors (Lipinski definition) is 6. The zero-order valence-electron chi connectivity index (χ0n) is 23.2. The van der Waals surface area contributed by atoms with Crippen LogP contribution >= 0.6 is 0 Å². The summed E-state index contributed by atoms with van der Waals surface area (Å²) in [5, 5.41) is 48.7. The Morgan fingerprint density at radius 2 is 1.07 bits per heavy atom. The quantitative estimate of drug-likeness (QED) is 0.0828. The van der Waals surface area contributed by atoms with Crippen LogP contribution in [0.15, 0.2) is 58.5 Å². The Balaban J connectivity index is 0. The lowest BCUT2D eigenvalue weighted by atomic mass is 10.0. The Kier molecular flexibility index (Phi) is 26.3. The molecule has 0 radical (unpaired) electrons. The van der Waals surface area contributed by atoms with Crippen molar-refractivity contribution in [3.8, 4) is 0 Å². The van der Waals surface area contributed by atoms with Gasteiger partial charge in [0.05, 0.1) is 11.4 Å². The number of nitrogens with zero attached hydrogens (tertiary/aromatic N) is 2. The van der Waals surface area contributed by atoms with E-state index in [1.54, 1.807) is 24.3 Å². The highest BCUT2D eigenvalue weighted by atomic mass is 16.5. The number of hydrogen-bond acceptors (Lipinski definition) is 10. The molecule has 0 spiro atoms. The van der Waals surface area contributed by atoms with Crippen molar-refractivity contribution in [1.29, 1.82) is 0 Å². The van der Waals surface area contributed by atoms with E-state index in [1.165, 1.54) is 12.2 Å². The van der Waals surface area contributed by atoms with E-state index < -0.39 is 18.2 Å². The van der Waals surface area contributed by atoms with E-state index in [1.807, 2.05) is 31.2 Å². The first kappa shape index (κ1) is 39.1. The highest BCUT2D eigenvalue weighted by Gasteiger charge is 1.99. The van der Waals surface area contributed by atoms with Crippen LogP contribution in [0.25, 0.3) is 0 Å². The van der Waals surface area contributed by atoms with Crippen molar-refractivity contribution in [3.05, 3.63) is 59.7 Å². The van der Waals surface area contributed by atoms with E-state index in [9.17, 15) is 19.2 Å². The molecule has 41 heavy (non-hydrogen) atoms. The van der Waals surface area contributed by atoms with E-state index in [0.29, 0.717) is 30.6 Å². The van der Waals surface area contributed by atoms with Gasteiger partial charge in [0, 0.05) is 26.1 Å². The van der Waals surface area contributed by atoms with Gasteiger partial charge in [-0.2, -0.15) is 9.98 Å². The van der Waals surface area contributed by atoms with E-state index >= 15 is 0 Å². The molecule has 0 atom stereocenters. The van der Waals surface area contributed by atoms with Gasteiger partial charge in [0.25, 0.3) is 0 Å². The third-order valence-corrected chi connectivity index (χ3v) is 4.77. The molecule has 2 rings (SSSR count). The summed E-state index contributed by atoms with van der Waals surface area (Å²) in [4.78, 5) is 47.1. The van der Waals surface area contributed by atoms with Crippen LogP contribution in [0.3, 0.4) is 0 Å². The number of carbonyl (C=O) groups is 2. The summed E-state index contributed by atoms with van der Waals surface area (Å²) in [6, 6.07) is 14.7. The minimum atomic E-state index is -1.10. The molecule has 0 heterocycles. The first-order chi connectivity index (χ1) is 19.6. The molecule has 0 aliphatic heterocycles. The molecule has 0 saturated carbocycles. The second kappa shape index (κ2) is 27.5. The average Bonchev–Trinajstić information content (AvgIpc) is 2.93. The predicted molar refractivity (Wildman–Crippen MR) is 152 cm³/mol. The summed E-state index contributed by atoms with van der Waals surface area (Å²) in [6.45, 7) is 2.29. The van der Waals surface area contributed by atoms with Crippen molar-refractivity contribution < 1.29 is 49.8 Å². The van der Waals surface area contributed by atoms with Gasteiger partial charge in [-0.15, -0.1) is 0 Å². The van der Waals surface area contributed by atoms with Crippen LogP contribution in [-0.4, -0.2) is 74.2 Å². The molecular formula is C29H40N2O10. The topological polar surface area (TPSA) is 214 Å². The number of aliphatic hydroxyl groups is 4. The Hall–Kier alpha value is -4.02. The molecule has 12 nitrogen and oxygen atoms in total. The van der Waals surface area contributed by atoms with Crippen LogP contribution in [0.1, 0.15) is 69.4 Å². The van der Waals surface area contributed by atoms with Crippen LogP contribution in [0.4, 0.5) is 11.4 Å². The predicted octanol–water partition coefficient (Wildman–Crippen LogP) is 3.78. The highest BCUT2D eigenvalue weighted by molar-refractivity contribution is 5.67. The maximum absolute atomic E-state index is 10.1. The van der Waals surface area contributed by atoms with Gasteiger partial charge in [0.2, 0.25) is 12.2 Å². The number of carbonyl (C=O) groups excluding carboxylic acids is 2. The number of aliphatic imine (C=N–C) groups is 2. The second-order valence-electron chi connectivity index (χ2n) is 8.33. The van der Waals surface area contributed by atoms with E-state index in [2.05, 4.69) is 9.98 Å². The molecule has 0 fully saturated rings. The maximum atomic E-state index is 10.1. The maximum Gasteiger partial charge on any atom is 0.303 e. The molecule has 2 aromatic carbocycles. The zero-order valence-corrected chi connectivity index (χ0v) is 23.2. The first-order valence-electron chi connectivity index (χ1n) is 13.0. The van der Waals surface area contributed by atoms with E-state index in [0.717, 1.165) is 36.8 Å². The SMILES string of the molecule is CCCC(O)O.O=C(O)CCCCC(=O)O.O=C=Nc1ccc(Cc2ccc(N=C=O)cc2)cc1.OCCCCO. The molecule has 0 amide bonds. The zero-order chi connectivity index (χ0) is 31.3. The van der Waals surface area contributed by atoms with Gasteiger partial charge in [-0.25, -0.2) is 9.59 Å². The van der Waals surface area contributed by atoms with Crippen molar-refractivity contribution in [3.63, 3.8) is 0 Å². The standard InChI is InChI=1S/C15H10N2O2.C6H10O4.2C4H10O2/c18-10-16-14-5-1-12(2-6-14)9-13-3-7-15(8-4-13)17-11-19;7-5(8)3-1-2-4-6(9)10;1-2-3-4(5)6;5-3-1-2-4-6/h1-8H,9H2;1-4H2,(H,7,8)(H,9,10);4-6H,2-3H2,1H3;5-6H,1-4H2. The molecule has 0 bridgehead atoms. The van der Waals surface area contributed by atoms with Gasteiger partial charge in [-0.3, -0.25) is 9.59 Å². The first-order valence-corrected chi connectivity index (χ1v) is 13.0. The van der Waals surface area contributed by atoms with Crippen molar-refractivity contribution in [2.24, 2.45) is 9.98 Å². The minimum absolute atomic E-state index is 0.0628. The lowest BCUT2D eigenvalue weighted by Crippen LogP contribution is -2.01. The molecule has 6 N–H and O–H groups in total. The number of aliphatic hydroxyl groups excluding tert-OH is 3. The number of aliphatic carboxylic acids is 2. The van der Waals surface area contributed by atoms with Crippen molar-refractivity contribution in [2.75, 3.05) is 13.2 Å². The average molecular weight is 577 g/mol. The number of rotatable bonds is 14. The molecule has 0 aromatic heterocycles. The molecule has 226 valence electrons. The Morgan fingerprint density at radius 3 is 1.29 bits per heavy atom. The number of benzene rings is 2. The van der Waals surface area contributed by atoms with Gasteiger partial charge in [0.1, 0.15) is 0 Å². The van der Waals surface area contributed by atoms with Crippen LogP contribution in [0.2, 0.25) is 0 Å². The number of isocyanates is 2. The van der Waals surface area contributed by atoms with Gasteiger partial charge >= 0.3 is 11.9 Å². The number of carboxylic acids is 2. The van der Waals surface area contributed by atoms with E-state index in [-0.39, 0.29) is 26.1 Å².